The Kier molecular flexibility index (Phi) is 4.75. The number of fused-ring (bicyclic) bond motifs is 2. The van der Waals surface area contributed by atoms with Crippen LogP contribution in [-0.2, 0) is 0 Å². The van der Waals surface area contributed by atoms with Crippen molar-refractivity contribution >= 4 is 33.5 Å². The average Bonchev–Trinajstić information content (AvgIpc) is 3.06. The van der Waals surface area contributed by atoms with Crippen molar-refractivity contribution in [3.8, 4) is 17.3 Å². The largest absolute Gasteiger partial charge is 0.358 e. The van der Waals surface area contributed by atoms with Crippen LogP contribution in [-0.4, -0.2) is 33.8 Å². The minimum Gasteiger partial charge on any atom is -0.358 e. The third-order valence-electron chi connectivity index (χ3n) is 5.50. The van der Waals surface area contributed by atoms with Crippen molar-refractivity contribution in [2.45, 2.75) is 33.7 Å². The molecule has 0 fully saturated rings. The summed E-state index contributed by atoms with van der Waals surface area (Å²) in [5.41, 5.74) is 6.10. The van der Waals surface area contributed by atoms with Crippen LogP contribution in [0.2, 0.25) is 0 Å². The number of aromatic amines is 1. The Hall–Kier alpha value is -3.72. The van der Waals surface area contributed by atoms with E-state index in [1.807, 2.05) is 38.2 Å². The molecule has 0 atom stereocenters. The molecule has 6 nitrogen and oxygen atoms in total. The number of hydrogen-bond donors (Lipinski definition) is 1. The summed E-state index contributed by atoms with van der Waals surface area (Å²) in [6, 6.07) is 13.7. The normalized spacial score (nSPS) is 11.2. The van der Waals surface area contributed by atoms with Crippen molar-refractivity contribution in [1.82, 2.24) is 15.0 Å². The van der Waals surface area contributed by atoms with Gasteiger partial charge in [-0.1, -0.05) is 6.07 Å². The van der Waals surface area contributed by atoms with Gasteiger partial charge >= 0.3 is 0 Å². The van der Waals surface area contributed by atoms with Crippen molar-refractivity contribution in [3.63, 3.8) is 0 Å². The number of nitrogens with one attached hydrogen (secondary N) is 1. The van der Waals surface area contributed by atoms with Gasteiger partial charge in [-0.2, -0.15) is 5.26 Å². The number of rotatable bonds is 4. The standard InChI is InChI=1S/C24H23N5O/c1-13(2)29(5)24-23(27-20-8-6-16(12-25)10-21(20)28-24)17-7-9-19-18(11-17)22(15(4)30)14(3)26-19/h6-11,13,26H,1-5H3. The number of anilines is 1. The molecule has 1 N–H and O–H groups in total. The minimum atomic E-state index is 0.0315. The highest BCUT2D eigenvalue weighted by molar-refractivity contribution is 6.09. The topological polar surface area (TPSA) is 85.7 Å². The zero-order valence-electron chi connectivity index (χ0n) is 17.7. The van der Waals surface area contributed by atoms with E-state index in [-0.39, 0.29) is 11.8 Å². The van der Waals surface area contributed by atoms with Crippen molar-refractivity contribution in [2.24, 2.45) is 0 Å². The molecular formula is C24H23N5O. The van der Waals surface area contributed by atoms with E-state index in [0.717, 1.165) is 39.2 Å². The molecular weight excluding hydrogens is 374 g/mol. The van der Waals surface area contributed by atoms with Crippen molar-refractivity contribution in [3.05, 3.63) is 53.2 Å². The molecule has 2 aromatic carbocycles. The number of Topliss-reactive ketones (excluding diaryl/α,β-unsaturated/α-hetero) is 1. The van der Waals surface area contributed by atoms with Crippen LogP contribution in [0.25, 0.3) is 33.2 Å². The van der Waals surface area contributed by atoms with Gasteiger partial charge in [0.05, 0.1) is 22.7 Å². The second kappa shape index (κ2) is 7.27. The smallest absolute Gasteiger partial charge is 0.162 e. The molecule has 2 heterocycles. The number of carbonyl (C=O) groups is 1. The minimum absolute atomic E-state index is 0.0315. The van der Waals surface area contributed by atoms with E-state index < -0.39 is 0 Å². The lowest BCUT2D eigenvalue weighted by atomic mass is 10.0. The number of nitrogens with zero attached hydrogens (tertiary/aromatic N) is 4. The van der Waals surface area contributed by atoms with Crippen LogP contribution in [0.5, 0.6) is 0 Å². The first-order chi connectivity index (χ1) is 14.3. The molecule has 30 heavy (non-hydrogen) atoms. The fourth-order valence-corrected chi connectivity index (χ4v) is 3.73. The summed E-state index contributed by atoms with van der Waals surface area (Å²) in [6.07, 6.45) is 0. The number of carbonyl (C=O) groups excluding carboxylic acids is 1. The maximum Gasteiger partial charge on any atom is 0.162 e. The van der Waals surface area contributed by atoms with Gasteiger partial charge in [-0.25, -0.2) is 9.97 Å². The lowest BCUT2D eigenvalue weighted by Crippen LogP contribution is -2.27. The van der Waals surface area contributed by atoms with Crippen LogP contribution in [0.3, 0.4) is 0 Å². The number of H-pyrrole nitrogens is 1. The second-order valence-corrected chi connectivity index (χ2v) is 7.86. The Morgan fingerprint density at radius 2 is 1.90 bits per heavy atom. The van der Waals surface area contributed by atoms with Gasteiger partial charge in [-0.15, -0.1) is 0 Å². The lowest BCUT2D eigenvalue weighted by Gasteiger charge is -2.25. The van der Waals surface area contributed by atoms with Crippen LogP contribution in [0.4, 0.5) is 5.82 Å². The summed E-state index contributed by atoms with van der Waals surface area (Å²) in [5.74, 6) is 0.771. The quantitative estimate of drug-likeness (QED) is 0.490. The molecule has 2 aromatic heterocycles. The van der Waals surface area contributed by atoms with Gasteiger partial charge < -0.3 is 9.88 Å². The highest BCUT2D eigenvalue weighted by Gasteiger charge is 2.19. The van der Waals surface area contributed by atoms with Crippen LogP contribution in [0, 0.1) is 18.3 Å². The molecule has 6 heteroatoms. The summed E-state index contributed by atoms with van der Waals surface area (Å²) in [7, 11) is 1.98. The Balaban J connectivity index is 2.01. The van der Waals surface area contributed by atoms with Gasteiger partial charge in [0.2, 0.25) is 0 Å². The third kappa shape index (κ3) is 3.18. The van der Waals surface area contributed by atoms with E-state index in [9.17, 15) is 10.1 Å². The maximum atomic E-state index is 12.2. The number of nitriles is 1. The molecule has 0 unspecified atom stereocenters. The lowest BCUT2D eigenvalue weighted by molar-refractivity contribution is 0.101. The van der Waals surface area contributed by atoms with Crippen LogP contribution >= 0.6 is 0 Å². The van der Waals surface area contributed by atoms with Gasteiger partial charge in [0.15, 0.2) is 11.6 Å². The Labute approximate surface area is 175 Å². The maximum absolute atomic E-state index is 12.2. The Morgan fingerprint density at radius 3 is 2.57 bits per heavy atom. The number of aryl methyl sites for hydroxylation is 1. The predicted molar refractivity (Wildman–Crippen MR) is 120 cm³/mol. The van der Waals surface area contributed by atoms with E-state index in [0.29, 0.717) is 16.6 Å². The highest BCUT2D eigenvalue weighted by Crippen LogP contribution is 2.33. The zero-order chi connectivity index (χ0) is 21.6. The van der Waals surface area contributed by atoms with Gasteiger partial charge in [0.1, 0.15) is 5.69 Å². The van der Waals surface area contributed by atoms with Gasteiger partial charge in [0, 0.05) is 40.8 Å². The zero-order valence-corrected chi connectivity index (χ0v) is 17.7. The molecule has 0 amide bonds. The van der Waals surface area contributed by atoms with Crippen molar-refractivity contribution < 1.29 is 4.79 Å². The molecule has 0 spiro atoms. The number of benzene rings is 2. The van der Waals surface area contributed by atoms with E-state index in [2.05, 4.69) is 29.8 Å². The van der Waals surface area contributed by atoms with Crippen LogP contribution in [0.1, 0.15) is 42.4 Å². The summed E-state index contributed by atoms with van der Waals surface area (Å²) in [5, 5.41) is 10.1. The third-order valence-corrected chi connectivity index (χ3v) is 5.50. The average molecular weight is 397 g/mol. The molecule has 4 aromatic rings. The Morgan fingerprint density at radius 1 is 1.13 bits per heavy atom. The van der Waals surface area contributed by atoms with E-state index >= 15 is 0 Å². The SMILES string of the molecule is CC(=O)c1c(C)[nH]c2ccc(-c3nc4ccc(C#N)cc4nc3N(C)C(C)C)cc12. The summed E-state index contributed by atoms with van der Waals surface area (Å²) in [6.45, 7) is 7.68. The molecule has 0 radical (unpaired) electrons. The van der Waals surface area contributed by atoms with Crippen molar-refractivity contribution in [1.29, 1.82) is 5.26 Å². The molecule has 0 bridgehead atoms. The van der Waals surface area contributed by atoms with E-state index in [1.54, 1.807) is 19.1 Å². The van der Waals surface area contributed by atoms with Crippen molar-refractivity contribution in [2.75, 3.05) is 11.9 Å². The predicted octanol–water partition coefficient (Wildman–Crippen LogP) is 5.01. The molecule has 0 aliphatic heterocycles. The van der Waals surface area contributed by atoms with Crippen LogP contribution < -0.4 is 4.90 Å². The molecule has 4 rings (SSSR count). The number of hydrogen-bond acceptors (Lipinski definition) is 5. The Bertz CT molecular complexity index is 1340. The van der Waals surface area contributed by atoms with E-state index in [1.165, 1.54) is 0 Å². The molecule has 0 saturated heterocycles. The summed E-state index contributed by atoms with van der Waals surface area (Å²) >= 11 is 0. The van der Waals surface area contributed by atoms with Gasteiger partial charge in [-0.3, -0.25) is 4.79 Å². The first kappa shape index (κ1) is 19.6. The van der Waals surface area contributed by atoms with Gasteiger partial charge in [-0.05, 0) is 58.0 Å². The van der Waals surface area contributed by atoms with E-state index in [4.69, 9.17) is 9.97 Å². The summed E-state index contributed by atoms with van der Waals surface area (Å²) in [4.78, 5) is 27.3. The van der Waals surface area contributed by atoms with Crippen LogP contribution in [0.15, 0.2) is 36.4 Å². The molecule has 0 aliphatic carbocycles. The molecule has 150 valence electrons. The second-order valence-electron chi connectivity index (χ2n) is 7.86. The first-order valence-corrected chi connectivity index (χ1v) is 9.88. The number of aromatic nitrogens is 3. The first-order valence-electron chi connectivity index (χ1n) is 9.88. The molecule has 0 aliphatic rings. The fourth-order valence-electron chi connectivity index (χ4n) is 3.73. The highest BCUT2D eigenvalue weighted by atomic mass is 16.1. The van der Waals surface area contributed by atoms with Gasteiger partial charge in [0.25, 0.3) is 0 Å². The monoisotopic (exact) mass is 397 g/mol. The number of ketones is 1. The molecule has 0 saturated carbocycles. The summed E-state index contributed by atoms with van der Waals surface area (Å²) < 4.78 is 0. The fraction of sp³-hybridized carbons (Fsp3) is 0.250.